The molecule has 0 aliphatic heterocycles. The van der Waals surface area contributed by atoms with E-state index in [4.69, 9.17) is 4.74 Å². The number of carbonyl (C=O) groups is 1. The van der Waals surface area contributed by atoms with Gasteiger partial charge in [-0.3, -0.25) is 9.20 Å². The molecule has 7 heteroatoms. The highest BCUT2D eigenvalue weighted by Gasteiger charge is 2.17. The summed E-state index contributed by atoms with van der Waals surface area (Å²) in [5.41, 5.74) is 2.60. The number of carbonyl (C=O) groups excluding carboxylic acids is 1. The zero-order valence-corrected chi connectivity index (χ0v) is 14.7. The Morgan fingerprint density at radius 1 is 1.31 bits per heavy atom. The molecular weight excluding hydrogens is 334 g/mol. The zero-order valence-electron chi connectivity index (χ0n) is 14.7. The number of hydrogen-bond acceptors (Lipinski definition) is 6. The van der Waals surface area contributed by atoms with Gasteiger partial charge >= 0.3 is 5.97 Å². The molecule has 0 aliphatic rings. The number of ether oxygens (including phenoxy) is 1. The second kappa shape index (κ2) is 6.87. The molecule has 3 aromatic rings. The van der Waals surface area contributed by atoms with Crippen LogP contribution in [0.5, 0.6) is 5.88 Å². The van der Waals surface area contributed by atoms with Crippen LogP contribution in [-0.2, 0) is 4.74 Å². The van der Waals surface area contributed by atoms with Crippen molar-refractivity contribution in [3.8, 4) is 5.88 Å². The van der Waals surface area contributed by atoms with Crippen LogP contribution in [0.2, 0.25) is 0 Å². The van der Waals surface area contributed by atoms with E-state index in [1.165, 1.54) is 11.5 Å². The number of benzene rings is 1. The molecule has 2 heterocycles. The molecular formula is C19H19N3O4. The van der Waals surface area contributed by atoms with Crippen molar-refractivity contribution in [3.63, 3.8) is 0 Å². The Hall–Kier alpha value is -3.35. The van der Waals surface area contributed by atoms with Crippen molar-refractivity contribution in [3.05, 3.63) is 69.6 Å². The molecule has 7 nitrogen and oxygen atoms in total. The van der Waals surface area contributed by atoms with E-state index in [0.29, 0.717) is 16.9 Å². The molecule has 0 bridgehead atoms. The summed E-state index contributed by atoms with van der Waals surface area (Å²) in [4.78, 5) is 28.2. The molecule has 2 N–H and O–H groups in total. The first-order valence-corrected chi connectivity index (χ1v) is 8.07. The Morgan fingerprint density at radius 2 is 2.04 bits per heavy atom. The molecule has 0 fully saturated rings. The van der Waals surface area contributed by atoms with Crippen LogP contribution in [0, 0.1) is 6.92 Å². The van der Waals surface area contributed by atoms with Gasteiger partial charge in [0.2, 0.25) is 5.88 Å². The first kappa shape index (κ1) is 17.5. The molecule has 0 radical (unpaired) electrons. The number of nitrogens with one attached hydrogen (secondary N) is 1. The number of rotatable bonds is 4. The van der Waals surface area contributed by atoms with Crippen LogP contribution in [0.4, 0.5) is 5.69 Å². The highest BCUT2D eigenvalue weighted by Crippen LogP contribution is 2.26. The van der Waals surface area contributed by atoms with Crippen molar-refractivity contribution in [2.24, 2.45) is 0 Å². The summed E-state index contributed by atoms with van der Waals surface area (Å²) in [6, 6.07) is 9.68. The predicted octanol–water partition coefficient (Wildman–Crippen LogP) is 2.67. The third-order valence-electron chi connectivity index (χ3n) is 4.08. The van der Waals surface area contributed by atoms with E-state index in [0.717, 1.165) is 17.2 Å². The van der Waals surface area contributed by atoms with Gasteiger partial charge in [-0.15, -0.1) is 0 Å². The second-order valence-electron chi connectivity index (χ2n) is 6.02. The monoisotopic (exact) mass is 353 g/mol. The molecule has 0 saturated heterocycles. The number of para-hydroxylation sites is 1. The van der Waals surface area contributed by atoms with Crippen LogP contribution in [0.15, 0.2) is 47.4 Å². The number of nitrogens with zero attached hydrogens (tertiary/aromatic N) is 2. The van der Waals surface area contributed by atoms with E-state index < -0.39 is 5.97 Å². The molecule has 1 unspecified atom stereocenters. The average molecular weight is 353 g/mol. The van der Waals surface area contributed by atoms with E-state index in [1.54, 1.807) is 24.4 Å². The van der Waals surface area contributed by atoms with Gasteiger partial charge in [-0.1, -0.05) is 12.1 Å². The van der Waals surface area contributed by atoms with Gasteiger partial charge in [0.1, 0.15) is 5.65 Å². The van der Waals surface area contributed by atoms with Crippen molar-refractivity contribution in [2.75, 3.05) is 12.4 Å². The van der Waals surface area contributed by atoms with Crippen molar-refractivity contribution in [1.82, 2.24) is 9.38 Å². The molecule has 1 aromatic carbocycles. The topological polar surface area (TPSA) is 92.9 Å². The maximum Gasteiger partial charge on any atom is 0.339 e. The Morgan fingerprint density at radius 3 is 2.77 bits per heavy atom. The minimum Gasteiger partial charge on any atom is -0.493 e. The summed E-state index contributed by atoms with van der Waals surface area (Å²) >= 11 is 0. The van der Waals surface area contributed by atoms with Gasteiger partial charge in [-0.05, 0) is 37.6 Å². The van der Waals surface area contributed by atoms with E-state index >= 15 is 0 Å². The zero-order chi connectivity index (χ0) is 18.8. The number of aromatic hydroxyl groups is 1. The van der Waals surface area contributed by atoms with Crippen LogP contribution < -0.4 is 10.9 Å². The van der Waals surface area contributed by atoms with Gasteiger partial charge in [0.15, 0.2) is 0 Å². The lowest BCUT2D eigenvalue weighted by molar-refractivity contribution is 0.0602. The molecule has 1 atom stereocenters. The molecule has 0 spiro atoms. The van der Waals surface area contributed by atoms with Crippen LogP contribution in [-0.4, -0.2) is 27.6 Å². The Bertz CT molecular complexity index is 1040. The highest BCUT2D eigenvalue weighted by atomic mass is 16.5. The molecule has 0 saturated carbocycles. The number of methoxy groups -OCH3 is 1. The fourth-order valence-corrected chi connectivity index (χ4v) is 2.88. The third kappa shape index (κ3) is 3.23. The maximum atomic E-state index is 12.1. The van der Waals surface area contributed by atoms with Crippen LogP contribution in [0.3, 0.4) is 0 Å². The summed E-state index contributed by atoms with van der Waals surface area (Å²) in [7, 11) is 1.33. The molecule has 0 aliphatic carbocycles. The van der Waals surface area contributed by atoms with Crippen molar-refractivity contribution < 1.29 is 14.6 Å². The summed E-state index contributed by atoms with van der Waals surface area (Å²) in [6.45, 7) is 3.76. The fraction of sp³-hybridized carbons (Fsp3) is 0.211. The van der Waals surface area contributed by atoms with Crippen molar-refractivity contribution in [2.45, 2.75) is 19.9 Å². The van der Waals surface area contributed by atoms with E-state index in [-0.39, 0.29) is 17.5 Å². The lowest BCUT2D eigenvalue weighted by atomic mass is 10.1. The fourth-order valence-electron chi connectivity index (χ4n) is 2.88. The van der Waals surface area contributed by atoms with Gasteiger partial charge in [-0.25, -0.2) is 4.79 Å². The summed E-state index contributed by atoms with van der Waals surface area (Å²) in [5, 5.41) is 13.0. The molecule has 3 rings (SSSR count). The molecule has 2 aromatic heterocycles. The smallest absolute Gasteiger partial charge is 0.339 e. The molecule has 134 valence electrons. The number of hydrogen-bond donors (Lipinski definition) is 2. The molecule has 26 heavy (non-hydrogen) atoms. The summed E-state index contributed by atoms with van der Waals surface area (Å²) < 4.78 is 6.21. The minimum absolute atomic E-state index is 0.288. The number of aryl methyl sites for hydroxylation is 1. The van der Waals surface area contributed by atoms with E-state index in [2.05, 4.69) is 10.3 Å². The largest absolute Gasteiger partial charge is 0.493 e. The van der Waals surface area contributed by atoms with Gasteiger partial charge < -0.3 is 15.2 Å². The second-order valence-corrected chi connectivity index (χ2v) is 6.02. The standard InChI is InChI=1S/C19H19N3O4/c1-11-8-14(18-21-16(23)9-17(24)22(18)10-11)12(2)20-15-7-5-4-6-13(15)19(25)26-3/h4-10,12,20,23H,1-3H3. The predicted molar refractivity (Wildman–Crippen MR) is 97.7 cm³/mol. The van der Waals surface area contributed by atoms with E-state index in [1.807, 2.05) is 26.0 Å². The lowest BCUT2D eigenvalue weighted by Gasteiger charge is -2.19. The minimum atomic E-state index is -0.443. The van der Waals surface area contributed by atoms with Gasteiger partial charge in [-0.2, -0.15) is 4.98 Å². The van der Waals surface area contributed by atoms with Crippen LogP contribution >= 0.6 is 0 Å². The number of fused-ring (bicyclic) bond motifs is 1. The third-order valence-corrected chi connectivity index (χ3v) is 4.08. The summed E-state index contributed by atoms with van der Waals surface area (Å²) in [6.07, 6.45) is 1.67. The van der Waals surface area contributed by atoms with Gasteiger partial charge in [0.05, 0.1) is 24.8 Å². The lowest BCUT2D eigenvalue weighted by Crippen LogP contribution is -2.18. The van der Waals surface area contributed by atoms with Crippen LogP contribution in [0.1, 0.15) is 34.5 Å². The van der Waals surface area contributed by atoms with Gasteiger partial charge in [0.25, 0.3) is 5.56 Å². The average Bonchev–Trinajstić information content (AvgIpc) is 2.61. The summed E-state index contributed by atoms with van der Waals surface area (Å²) in [5.74, 6) is -0.774. The highest BCUT2D eigenvalue weighted by molar-refractivity contribution is 5.95. The Labute approximate surface area is 149 Å². The van der Waals surface area contributed by atoms with E-state index in [9.17, 15) is 14.7 Å². The quantitative estimate of drug-likeness (QED) is 0.701. The Kier molecular flexibility index (Phi) is 4.62. The number of anilines is 1. The number of aromatic nitrogens is 2. The molecule has 0 amide bonds. The number of pyridine rings is 1. The SMILES string of the molecule is COC(=O)c1ccccc1NC(C)c1cc(C)cn2c(=O)cc(O)nc12. The van der Waals surface area contributed by atoms with Crippen molar-refractivity contribution in [1.29, 1.82) is 0 Å². The maximum absolute atomic E-state index is 12.1. The normalized spacial score (nSPS) is 12.0. The van der Waals surface area contributed by atoms with Crippen LogP contribution in [0.25, 0.3) is 5.65 Å². The Balaban J connectivity index is 2.08. The van der Waals surface area contributed by atoms with Crippen molar-refractivity contribution >= 4 is 17.3 Å². The van der Waals surface area contributed by atoms with Gasteiger partial charge in [0, 0.05) is 17.4 Å². The first-order valence-electron chi connectivity index (χ1n) is 8.07. The number of esters is 1. The first-order chi connectivity index (χ1) is 12.4.